The van der Waals surface area contributed by atoms with Crippen molar-refractivity contribution in [1.82, 2.24) is 9.97 Å². The lowest BCUT2D eigenvalue weighted by Crippen LogP contribution is -2.04. The predicted octanol–water partition coefficient (Wildman–Crippen LogP) is 2.60. The molecule has 0 amide bonds. The van der Waals surface area contributed by atoms with Gasteiger partial charge in [0.05, 0.1) is 11.4 Å². The molecule has 82 valence electrons. The van der Waals surface area contributed by atoms with E-state index in [-0.39, 0.29) is 0 Å². The summed E-state index contributed by atoms with van der Waals surface area (Å²) in [5, 5.41) is 0. The lowest BCUT2D eigenvalue weighted by Gasteiger charge is -2.10. The second-order valence-corrected chi connectivity index (χ2v) is 3.71. The topological polar surface area (TPSA) is 51.8 Å². The molecule has 0 radical (unpaired) electrons. The maximum absolute atomic E-state index is 5.66. The van der Waals surface area contributed by atoms with Crippen molar-refractivity contribution in [3.8, 4) is 11.1 Å². The van der Waals surface area contributed by atoms with Crippen molar-refractivity contribution < 1.29 is 0 Å². The van der Waals surface area contributed by atoms with E-state index in [1.54, 1.807) is 0 Å². The zero-order valence-corrected chi connectivity index (χ0v) is 9.57. The van der Waals surface area contributed by atoms with E-state index in [1.807, 2.05) is 25.1 Å². The van der Waals surface area contributed by atoms with Crippen LogP contribution in [0.3, 0.4) is 0 Å². The third-order valence-electron chi connectivity index (χ3n) is 2.58. The fourth-order valence-corrected chi connectivity index (χ4v) is 1.89. The lowest BCUT2D eigenvalue weighted by molar-refractivity contribution is 0.992. The number of nitrogens with zero attached hydrogens (tertiary/aromatic N) is 2. The minimum Gasteiger partial charge on any atom is -0.368 e. The molecule has 2 N–H and O–H groups in total. The maximum atomic E-state index is 5.66. The molecule has 0 aliphatic rings. The number of nitrogens with two attached hydrogens (primary N) is 1. The van der Waals surface area contributed by atoms with Gasteiger partial charge in [-0.1, -0.05) is 37.3 Å². The van der Waals surface area contributed by atoms with Gasteiger partial charge in [0.1, 0.15) is 0 Å². The summed E-state index contributed by atoms with van der Waals surface area (Å²) in [6.45, 7) is 4.05. The molecule has 2 aromatic rings. The molecule has 0 fully saturated rings. The van der Waals surface area contributed by atoms with Gasteiger partial charge in [-0.05, 0) is 18.9 Å². The molecule has 0 aliphatic carbocycles. The molecule has 2 rings (SSSR count). The van der Waals surface area contributed by atoms with Gasteiger partial charge in [-0.3, -0.25) is 0 Å². The van der Waals surface area contributed by atoms with E-state index in [1.165, 1.54) is 0 Å². The lowest BCUT2D eigenvalue weighted by atomic mass is 10.0. The Balaban J connectivity index is 2.64. The molecule has 3 heteroatoms. The zero-order valence-electron chi connectivity index (χ0n) is 9.57. The highest BCUT2D eigenvalue weighted by molar-refractivity contribution is 5.68. The molecular weight excluding hydrogens is 198 g/mol. The first-order valence-electron chi connectivity index (χ1n) is 5.40. The van der Waals surface area contributed by atoms with Crippen LogP contribution >= 0.6 is 0 Å². The number of hydrogen-bond donors (Lipinski definition) is 1. The van der Waals surface area contributed by atoms with E-state index >= 15 is 0 Å². The van der Waals surface area contributed by atoms with Crippen molar-refractivity contribution in [3.63, 3.8) is 0 Å². The van der Waals surface area contributed by atoms with Crippen LogP contribution in [0.25, 0.3) is 11.1 Å². The van der Waals surface area contributed by atoms with E-state index in [4.69, 9.17) is 5.73 Å². The SMILES string of the molecule is CCc1nc(N)nc(C)c1-c1ccccc1. The first-order chi connectivity index (χ1) is 7.72. The Morgan fingerprint density at radius 3 is 2.44 bits per heavy atom. The molecular formula is C13H15N3. The molecule has 0 saturated carbocycles. The molecule has 0 spiro atoms. The molecule has 0 unspecified atom stereocenters. The highest BCUT2D eigenvalue weighted by Gasteiger charge is 2.10. The first kappa shape index (κ1) is 10.6. The van der Waals surface area contributed by atoms with Crippen LogP contribution in [0, 0.1) is 6.92 Å². The van der Waals surface area contributed by atoms with Crippen LogP contribution in [-0.4, -0.2) is 9.97 Å². The summed E-state index contributed by atoms with van der Waals surface area (Å²) in [7, 11) is 0. The van der Waals surface area contributed by atoms with E-state index in [2.05, 4.69) is 29.0 Å². The van der Waals surface area contributed by atoms with Gasteiger partial charge in [-0.15, -0.1) is 0 Å². The minimum atomic E-state index is 0.356. The fourth-order valence-electron chi connectivity index (χ4n) is 1.89. The van der Waals surface area contributed by atoms with Crippen molar-refractivity contribution in [2.75, 3.05) is 5.73 Å². The molecule has 16 heavy (non-hydrogen) atoms. The summed E-state index contributed by atoms with van der Waals surface area (Å²) in [5.74, 6) is 0.356. The highest BCUT2D eigenvalue weighted by Crippen LogP contribution is 2.25. The zero-order chi connectivity index (χ0) is 11.5. The molecule has 3 nitrogen and oxygen atoms in total. The first-order valence-corrected chi connectivity index (χ1v) is 5.40. The molecule has 0 atom stereocenters. The molecule has 1 aromatic carbocycles. The largest absolute Gasteiger partial charge is 0.368 e. The van der Waals surface area contributed by atoms with Crippen molar-refractivity contribution >= 4 is 5.95 Å². The second kappa shape index (κ2) is 4.31. The molecule has 0 aliphatic heterocycles. The molecule has 1 heterocycles. The Morgan fingerprint density at radius 2 is 1.81 bits per heavy atom. The maximum Gasteiger partial charge on any atom is 0.220 e. The third kappa shape index (κ3) is 1.89. The summed E-state index contributed by atoms with van der Waals surface area (Å²) in [4.78, 5) is 8.52. The Labute approximate surface area is 95.4 Å². The third-order valence-corrected chi connectivity index (χ3v) is 2.58. The van der Waals surface area contributed by atoms with Crippen molar-refractivity contribution in [2.45, 2.75) is 20.3 Å². The van der Waals surface area contributed by atoms with Crippen molar-refractivity contribution in [2.24, 2.45) is 0 Å². The number of benzene rings is 1. The van der Waals surface area contributed by atoms with Crippen LogP contribution in [0.15, 0.2) is 30.3 Å². The highest BCUT2D eigenvalue weighted by atomic mass is 15.0. The van der Waals surface area contributed by atoms with Crippen LogP contribution in [0.1, 0.15) is 18.3 Å². The normalized spacial score (nSPS) is 10.4. The van der Waals surface area contributed by atoms with E-state index < -0.39 is 0 Å². The van der Waals surface area contributed by atoms with Gasteiger partial charge in [0.15, 0.2) is 0 Å². The Hall–Kier alpha value is -1.90. The standard InChI is InChI=1S/C13H15N3/c1-3-11-12(9(2)15-13(14)16-11)10-7-5-4-6-8-10/h4-8H,3H2,1-2H3,(H2,14,15,16). The molecule has 1 aromatic heterocycles. The number of rotatable bonds is 2. The summed E-state index contributed by atoms with van der Waals surface area (Å²) < 4.78 is 0. The Kier molecular flexibility index (Phi) is 2.86. The van der Waals surface area contributed by atoms with Crippen LogP contribution in [0.2, 0.25) is 0 Å². The van der Waals surface area contributed by atoms with Gasteiger partial charge >= 0.3 is 0 Å². The van der Waals surface area contributed by atoms with Gasteiger partial charge in [-0.25, -0.2) is 9.97 Å². The van der Waals surface area contributed by atoms with Gasteiger partial charge in [0.2, 0.25) is 5.95 Å². The van der Waals surface area contributed by atoms with E-state index in [0.717, 1.165) is 28.9 Å². The quantitative estimate of drug-likeness (QED) is 0.834. The van der Waals surface area contributed by atoms with E-state index in [9.17, 15) is 0 Å². The second-order valence-electron chi connectivity index (χ2n) is 3.71. The summed E-state index contributed by atoms with van der Waals surface area (Å²) >= 11 is 0. The van der Waals surface area contributed by atoms with Gasteiger partial charge < -0.3 is 5.73 Å². The Bertz CT molecular complexity index is 492. The van der Waals surface area contributed by atoms with Crippen LogP contribution in [0.4, 0.5) is 5.95 Å². The van der Waals surface area contributed by atoms with Crippen LogP contribution in [0.5, 0.6) is 0 Å². The fraction of sp³-hybridized carbons (Fsp3) is 0.231. The predicted molar refractivity (Wildman–Crippen MR) is 66.0 cm³/mol. The average molecular weight is 213 g/mol. The Morgan fingerprint density at radius 1 is 1.12 bits per heavy atom. The molecule has 0 bridgehead atoms. The van der Waals surface area contributed by atoms with Crippen LogP contribution < -0.4 is 5.73 Å². The number of nitrogen functional groups attached to an aromatic ring is 1. The number of hydrogen-bond acceptors (Lipinski definition) is 3. The van der Waals surface area contributed by atoms with E-state index in [0.29, 0.717) is 5.95 Å². The van der Waals surface area contributed by atoms with Gasteiger partial charge in [-0.2, -0.15) is 0 Å². The van der Waals surface area contributed by atoms with Gasteiger partial charge in [0, 0.05) is 5.56 Å². The minimum absolute atomic E-state index is 0.356. The summed E-state index contributed by atoms with van der Waals surface area (Å²) in [6, 6.07) is 10.2. The molecule has 0 saturated heterocycles. The number of aryl methyl sites for hydroxylation is 2. The van der Waals surface area contributed by atoms with Crippen LogP contribution in [-0.2, 0) is 6.42 Å². The van der Waals surface area contributed by atoms with Crippen molar-refractivity contribution in [3.05, 3.63) is 41.7 Å². The summed E-state index contributed by atoms with van der Waals surface area (Å²) in [5.41, 5.74) is 9.87. The number of aromatic nitrogens is 2. The average Bonchev–Trinajstić information content (AvgIpc) is 2.29. The van der Waals surface area contributed by atoms with Gasteiger partial charge in [0.25, 0.3) is 0 Å². The smallest absolute Gasteiger partial charge is 0.220 e. The number of anilines is 1. The summed E-state index contributed by atoms with van der Waals surface area (Å²) in [6.07, 6.45) is 0.859. The van der Waals surface area contributed by atoms with Crippen molar-refractivity contribution in [1.29, 1.82) is 0 Å². The monoisotopic (exact) mass is 213 g/mol.